The zero-order valence-corrected chi connectivity index (χ0v) is 10.1. The number of halogens is 1. The van der Waals surface area contributed by atoms with Crippen molar-refractivity contribution in [1.29, 1.82) is 0 Å². The van der Waals surface area contributed by atoms with Gasteiger partial charge in [0, 0.05) is 22.7 Å². The number of carbonyl (C=O) groups excluding carboxylic acids is 1. The van der Waals surface area contributed by atoms with E-state index in [2.05, 4.69) is 20.9 Å². The summed E-state index contributed by atoms with van der Waals surface area (Å²) in [7, 11) is 0. The number of hydrogen-bond donors (Lipinski definition) is 0. The fourth-order valence-corrected chi connectivity index (χ4v) is 1.88. The van der Waals surface area contributed by atoms with Crippen LogP contribution in [-0.2, 0) is 5.33 Å². The average molecular weight is 276 g/mol. The quantitative estimate of drug-likeness (QED) is 0.634. The number of aromatic nitrogens is 1. The van der Waals surface area contributed by atoms with Crippen LogP contribution in [0.15, 0.2) is 42.6 Å². The summed E-state index contributed by atoms with van der Waals surface area (Å²) in [6.45, 7) is 0. The van der Waals surface area contributed by atoms with Gasteiger partial charge in [-0.05, 0) is 17.7 Å². The van der Waals surface area contributed by atoms with Crippen LogP contribution in [0.1, 0.15) is 15.9 Å². The van der Waals surface area contributed by atoms with E-state index in [9.17, 15) is 4.79 Å². The molecular formula is C13H10BrNO. The molecule has 16 heavy (non-hydrogen) atoms. The van der Waals surface area contributed by atoms with Crippen LogP contribution < -0.4 is 0 Å². The van der Waals surface area contributed by atoms with Crippen LogP contribution in [0.3, 0.4) is 0 Å². The number of carbonyl (C=O) groups is 1. The number of hydrogen-bond acceptors (Lipinski definition) is 2. The van der Waals surface area contributed by atoms with Crippen molar-refractivity contribution in [3.63, 3.8) is 0 Å². The molecule has 1 heterocycles. The fraction of sp³-hybridized carbons (Fsp3) is 0.0769. The molecule has 0 radical (unpaired) electrons. The Morgan fingerprint density at radius 3 is 2.56 bits per heavy atom. The van der Waals surface area contributed by atoms with Gasteiger partial charge in [-0.15, -0.1) is 0 Å². The van der Waals surface area contributed by atoms with E-state index < -0.39 is 0 Å². The average Bonchev–Trinajstić information content (AvgIpc) is 2.39. The fourth-order valence-electron chi connectivity index (χ4n) is 1.51. The van der Waals surface area contributed by atoms with Gasteiger partial charge in [0.25, 0.3) is 0 Å². The highest BCUT2D eigenvalue weighted by atomic mass is 79.9. The molecule has 0 amide bonds. The molecule has 1 aromatic heterocycles. The van der Waals surface area contributed by atoms with Gasteiger partial charge in [-0.2, -0.15) is 0 Å². The Balaban J connectivity index is 2.46. The molecule has 3 heteroatoms. The van der Waals surface area contributed by atoms with E-state index >= 15 is 0 Å². The Bertz CT molecular complexity index is 494. The van der Waals surface area contributed by atoms with E-state index in [0.717, 1.165) is 22.9 Å². The second-order valence-corrected chi connectivity index (χ2v) is 3.95. The Morgan fingerprint density at radius 2 is 1.94 bits per heavy atom. The molecule has 0 aliphatic heterocycles. The van der Waals surface area contributed by atoms with Crippen molar-refractivity contribution in [2.75, 3.05) is 0 Å². The Labute approximate surface area is 102 Å². The van der Waals surface area contributed by atoms with Crippen LogP contribution >= 0.6 is 15.9 Å². The summed E-state index contributed by atoms with van der Waals surface area (Å²) < 4.78 is 0. The summed E-state index contributed by atoms with van der Waals surface area (Å²) >= 11 is 3.39. The number of benzene rings is 1. The smallest absolute Gasteiger partial charge is 0.152 e. The van der Waals surface area contributed by atoms with Crippen molar-refractivity contribution in [3.05, 3.63) is 53.7 Å². The minimum absolute atomic E-state index is 0.620. The SMILES string of the molecule is O=Cc1cccnc1-c1ccc(CBr)cc1. The maximum Gasteiger partial charge on any atom is 0.152 e. The molecule has 0 spiro atoms. The molecule has 1 aromatic carbocycles. The number of pyridine rings is 1. The number of nitrogens with zero attached hydrogens (tertiary/aromatic N) is 1. The van der Waals surface area contributed by atoms with Crippen LogP contribution in [0.2, 0.25) is 0 Å². The first kappa shape index (κ1) is 11.0. The summed E-state index contributed by atoms with van der Waals surface area (Å²) in [5.74, 6) is 0. The Hall–Kier alpha value is -1.48. The largest absolute Gasteiger partial charge is 0.298 e. The number of rotatable bonds is 3. The predicted octanol–water partition coefficient (Wildman–Crippen LogP) is 3.46. The third kappa shape index (κ3) is 2.19. The van der Waals surface area contributed by atoms with E-state index in [1.807, 2.05) is 24.3 Å². The normalized spacial score (nSPS) is 10.1. The lowest BCUT2D eigenvalue weighted by Gasteiger charge is -2.04. The van der Waals surface area contributed by atoms with Gasteiger partial charge in [0.15, 0.2) is 6.29 Å². The first-order valence-electron chi connectivity index (χ1n) is 4.90. The molecule has 2 nitrogen and oxygen atoms in total. The van der Waals surface area contributed by atoms with Crippen molar-refractivity contribution >= 4 is 22.2 Å². The summed E-state index contributed by atoms with van der Waals surface area (Å²) in [5, 5.41) is 0.829. The molecule has 0 N–H and O–H groups in total. The topological polar surface area (TPSA) is 30.0 Å². The third-order valence-corrected chi connectivity index (χ3v) is 3.00. The summed E-state index contributed by atoms with van der Waals surface area (Å²) in [4.78, 5) is 15.1. The molecule has 0 unspecified atom stereocenters. The van der Waals surface area contributed by atoms with E-state index in [1.165, 1.54) is 5.56 Å². The van der Waals surface area contributed by atoms with Gasteiger partial charge in [0.1, 0.15) is 0 Å². The van der Waals surface area contributed by atoms with Gasteiger partial charge in [0.05, 0.1) is 5.69 Å². The van der Waals surface area contributed by atoms with Crippen LogP contribution in [0, 0.1) is 0 Å². The van der Waals surface area contributed by atoms with Crippen molar-refractivity contribution in [2.45, 2.75) is 5.33 Å². The number of alkyl halides is 1. The van der Waals surface area contributed by atoms with Crippen molar-refractivity contribution in [2.24, 2.45) is 0 Å². The van der Waals surface area contributed by atoms with Crippen LogP contribution in [0.4, 0.5) is 0 Å². The highest BCUT2D eigenvalue weighted by Crippen LogP contribution is 2.20. The van der Waals surface area contributed by atoms with Crippen molar-refractivity contribution in [3.8, 4) is 11.3 Å². The molecule has 0 saturated carbocycles. The first-order chi connectivity index (χ1) is 7.85. The summed E-state index contributed by atoms with van der Waals surface area (Å²) in [6.07, 6.45) is 2.53. The lowest BCUT2D eigenvalue weighted by atomic mass is 10.1. The molecule has 80 valence electrons. The van der Waals surface area contributed by atoms with Gasteiger partial charge in [-0.1, -0.05) is 40.2 Å². The standard InChI is InChI=1S/C13H10BrNO/c14-8-10-3-5-11(6-4-10)13-12(9-16)2-1-7-15-13/h1-7,9H,8H2. The van der Waals surface area contributed by atoms with Crippen LogP contribution in [-0.4, -0.2) is 11.3 Å². The molecule has 0 aliphatic rings. The lowest BCUT2D eigenvalue weighted by molar-refractivity contribution is 0.112. The van der Waals surface area contributed by atoms with Gasteiger partial charge in [-0.3, -0.25) is 9.78 Å². The number of aldehydes is 1. The highest BCUT2D eigenvalue weighted by molar-refractivity contribution is 9.08. The van der Waals surface area contributed by atoms with Gasteiger partial charge < -0.3 is 0 Å². The Morgan fingerprint density at radius 1 is 1.19 bits per heavy atom. The van der Waals surface area contributed by atoms with Gasteiger partial charge >= 0.3 is 0 Å². The summed E-state index contributed by atoms with van der Waals surface area (Å²) in [5.41, 5.74) is 3.52. The molecule has 0 saturated heterocycles. The second kappa shape index (κ2) is 5.03. The third-order valence-electron chi connectivity index (χ3n) is 2.35. The Kier molecular flexibility index (Phi) is 3.47. The molecule has 0 fully saturated rings. The maximum absolute atomic E-state index is 10.9. The molecular weight excluding hydrogens is 266 g/mol. The molecule has 0 aliphatic carbocycles. The van der Waals surface area contributed by atoms with Crippen LogP contribution in [0.5, 0.6) is 0 Å². The lowest BCUT2D eigenvalue weighted by Crippen LogP contribution is -1.90. The first-order valence-corrected chi connectivity index (χ1v) is 6.03. The molecule has 0 atom stereocenters. The van der Waals surface area contributed by atoms with Gasteiger partial charge in [0.2, 0.25) is 0 Å². The monoisotopic (exact) mass is 275 g/mol. The van der Waals surface area contributed by atoms with E-state index in [4.69, 9.17) is 0 Å². The maximum atomic E-state index is 10.9. The minimum atomic E-state index is 0.620. The molecule has 0 bridgehead atoms. The van der Waals surface area contributed by atoms with E-state index in [0.29, 0.717) is 5.56 Å². The molecule has 2 rings (SSSR count). The highest BCUT2D eigenvalue weighted by Gasteiger charge is 2.04. The van der Waals surface area contributed by atoms with E-state index in [-0.39, 0.29) is 0 Å². The van der Waals surface area contributed by atoms with Crippen LogP contribution in [0.25, 0.3) is 11.3 Å². The van der Waals surface area contributed by atoms with Gasteiger partial charge in [-0.25, -0.2) is 0 Å². The van der Waals surface area contributed by atoms with Crippen molar-refractivity contribution < 1.29 is 4.79 Å². The second-order valence-electron chi connectivity index (χ2n) is 3.39. The predicted molar refractivity (Wildman–Crippen MR) is 67.7 cm³/mol. The summed E-state index contributed by atoms with van der Waals surface area (Å²) in [6, 6.07) is 11.5. The zero-order valence-electron chi connectivity index (χ0n) is 8.56. The molecule has 2 aromatic rings. The van der Waals surface area contributed by atoms with E-state index in [1.54, 1.807) is 18.3 Å². The minimum Gasteiger partial charge on any atom is -0.298 e. The van der Waals surface area contributed by atoms with Crippen molar-refractivity contribution in [1.82, 2.24) is 4.98 Å². The zero-order chi connectivity index (χ0) is 11.4.